The van der Waals surface area contributed by atoms with Crippen LogP contribution < -0.4 is 24.8 Å². The molecule has 4 rings (SSSR count). The largest absolute Gasteiger partial charge is 0.495 e. The van der Waals surface area contributed by atoms with Crippen LogP contribution in [0.15, 0.2) is 60.1 Å². The molecule has 3 aromatic rings. The summed E-state index contributed by atoms with van der Waals surface area (Å²) >= 11 is 0. The van der Waals surface area contributed by atoms with Crippen molar-refractivity contribution in [3.05, 3.63) is 65.6 Å². The third-order valence-electron chi connectivity index (χ3n) is 6.36. The third-order valence-corrected chi connectivity index (χ3v) is 6.36. The van der Waals surface area contributed by atoms with E-state index in [1.54, 1.807) is 41.0 Å². The number of likely N-dealkylation sites (N-methyl/N-ethyl adjacent to an activating group) is 1. The molecule has 0 saturated heterocycles. The summed E-state index contributed by atoms with van der Waals surface area (Å²) in [6, 6.07) is 11.9. The van der Waals surface area contributed by atoms with Gasteiger partial charge in [-0.05, 0) is 50.6 Å². The van der Waals surface area contributed by atoms with Crippen molar-refractivity contribution in [2.75, 3.05) is 44.5 Å². The van der Waals surface area contributed by atoms with Crippen LogP contribution in [0.3, 0.4) is 0 Å². The standard InChI is InChI=1S/C27H32N6O5/c1-6-32(7-2)23(34)15-38-21-13-12-18(14-22(21)37-5)25-24(17(3)30-27-28-16-29-33(25)27)26(35)31-19-10-8-9-11-20(19)36-4/h8-14,16,25H,6-7,15H2,1-5H3,(H,31,35)(H,28,29,30). The molecule has 11 heteroatoms. The maximum Gasteiger partial charge on any atom is 0.260 e. The summed E-state index contributed by atoms with van der Waals surface area (Å²) < 4.78 is 18.4. The van der Waals surface area contributed by atoms with Crippen LogP contribution in [0.5, 0.6) is 17.2 Å². The van der Waals surface area contributed by atoms with Gasteiger partial charge in [0.15, 0.2) is 18.1 Å². The predicted molar refractivity (Wildman–Crippen MR) is 143 cm³/mol. The molecule has 200 valence electrons. The zero-order valence-corrected chi connectivity index (χ0v) is 22.1. The van der Waals surface area contributed by atoms with E-state index in [9.17, 15) is 9.59 Å². The van der Waals surface area contributed by atoms with Crippen molar-refractivity contribution < 1.29 is 23.8 Å². The van der Waals surface area contributed by atoms with Gasteiger partial charge in [0.1, 0.15) is 18.1 Å². The van der Waals surface area contributed by atoms with Gasteiger partial charge in [0.2, 0.25) is 5.95 Å². The minimum absolute atomic E-state index is 0.108. The van der Waals surface area contributed by atoms with Crippen LogP contribution in [0.1, 0.15) is 32.4 Å². The molecule has 0 fully saturated rings. The Morgan fingerprint density at radius 3 is 2.50 bits per heavy atom. The second-order valence-electron chi connectivity index (χ2n) is 8.51. The van der Waals surface area contributed by atoms with Gasteiger partial charge in [-0.3, -0.25) is 9.59 Å². The molecule has 1 aliphatic heterocycles. The number of carbonyl (C=O) groups excluding carboxylic acids is 2. The second-order valence-corrected chi connectivity index (χ2v) is 8.51. The zero-order chi connectivity index (χ0) is 27.2. The first-order valence-corrected chi connectivity index (χ1v) is 12.3. The molecule has 0 saturated carbocycles. The zero-order valence-electron chi connectivity index (χ0n) is 22.1. The summed E-state index contributed by atoms with van der Waals surface area (Å²) in [4.78, 5) is 32.1. The Balaban J connectivity index is 1.67. The highest BCUT2D eigenvalue weighted by Gasteiger charge is 2.34. The van der Waals surface area contributed by atoms with E-state index >= 15 is 0 Å². The summed E-state index contributed by atoms with van der Waals surface area (Å²) in [6.45, 7) is 6.77. The maximum absolute atomic E-state index is 13.7. The first kappa shape index (κ1) is 26.5. The number of hydrogen-bond acceptors (Lipinski definition) is 8. The molecule has 0 spiro atoms. The van der Waals surface area contributed by atoms with Gasteiger partial charge in [0, 0.05) is 18.8 Å². The molecule has 2 aromatic carbocycles. The molecule has 1 aliphatic rings. The number of carbonyl (C=O) groups is 2. The number of aromatic nitrogens is 3. The summed E-state index contributed by atoms with van der Waals surface area (Å²) in [5.74, 6) is 1.46. The summed E-state index contributed by atoms with van der Waals surface area (Å²) in [5.41, 5.74) is 2.35. The number of allylic oxidation sites excluding steroid dienone is 1. The van der Waals surface area contributed by atoms with Crippen LogP contribution in [0.4, 0.5) is 11.6 Å². The second kappa shape index (κ2) is 11.7. The highest BCUT2D eigenvalue weighted by molar-refractivity contribution is 6.06. The van der Waals surface area contributed by atoms with E-state index in [0.717, 1.165) is 5.56 Å². The first-order chi connectivity index (χ1) is 18.4. The van der Waals surface area contributed by atoms with Crippen LogP contribution in [-0.4, -0.2) is 65.4 Å². The van der Waals surface area contributed by atoms with Gasteiger partial charge in [-0.15, -0.1) is 0 Å². The lowest BCUT2D eigenvalue weighted by molar-refractivity contribution is -0.133. The minimum atomic E-state index is -0.608. The fourth-order valence-corrected chi connectivity index (χ4v) is 4.41. The highest BCUT2D eigenvalue weighted by Crippen LogP contribution is 2.39. The van der Waals surface area contributed by atoms with E-state index in [1.165, 1.54) is 13.4 Å². The quantitative estimate of drug-likeness (QED) is 0.417. The van der Waals surface area contributed by atoms with Gasteiger partial charge >= 0.3 is 0 Å². The molecule has 2 heterocycles. The Morgan fingerprint density at radius 1 is 1.05 bits per heavy atom. The average Bonchev–Trinajstić information content (AvgIpc) is 3.40. The van der Waals surface area contributed by atoms with Gasteiger partial charge in [0.25, 0.3) is 11.8 Å². The Kier molecular flexibility index (Phi) is 8.15. The van der Waals surface area contributed by atoms with Crippen molar-refractivity contribution >= 4 is 23.5 Å². The number of rotatable bonds is 10. The Morgan fingerprint density at radius 2 is 1.79 bits per heavy atom. The van der Waals surface area contributed by atoms with Crippen molar-refractivity contribution in [1.82, 2.24) is 19.7 Å². The van der Waals surface area contributed by atoms with E-state index in [4.69, 9.17) is 14.2 Å². The lowest BCUT2D eigenvalue weighted by Gasteiger charge is -2.29. The number of fused-ring (bicyclic) bond motifs is 1. The fourth-order valence-electron chi connectivity index (χ4n) is 4.41. The van der Waals surface area contributed by atoms with Crippen LogP contribution in [0.25, 0.3) is 0 Å². The van der Waals surface area contributed by atoms with Crippen molar-refractivity contribution in [1.29, 1.82) is 0 Å². The topological polar surface area (TPSA) is 120 Å². The van der Waals surface area contributed by atoms with E-state index in [2.05, 4.69) is 20.7 Å². The molecule has 11 nitrogen and oxygen atoms in total. The number of methoxy groups -OCH3 is 2. The van der Waals surface area contributed by atoms with E-state index in [0.29, 0.717) is 53.2 Å². The lowest BCUT2D eigenvalue weighted by atomic mass is 9.94. The van der Waals surface area contributed by atoms with Crippen LogP contribution in [0, 0.1) is 0 Å². The number of ether oxygens (including phenoxy) is 3. The summed E-state index contributed by atoms with van der Waals surface area (Å²) in [5, 5.41) is 10.5. The van der Waals surface area contributed by atoms with Crippen molar-refractivity contribution in [2.24, 2.45) is 0 Å². The Bertz CT molecular complexity index is 1350. The lowest BCUT2D eigenvalue weighted by Crippen LogP contribution is -2.34. The van der Waals surface area contributed by atoms with Crippen LogP contribution >= 0.6 is 0 Å². The molecule has 1 atom stereocenters. The summed E-state index contributed by atoms with van der Waals surface area (Å²) in [7, 11) is 3.07. The van der Waals surface area contributed by atoms with Crippen LogP contribution in [-0.2, 0) is 9.59 Å². The van der Waals surface area contributed by atoms with E-state index in [1.807, 2.05) is 39.0 Å². The normalized spacial score (nSPS) is 14.3. The average molecular weight is 521 g/mol. The van der Waals surface area contributed by atoms with E-state index < -0.39 is 6.04 Å². The fraction of sp³-hybridized carbons (Fsp3) is 0.333. The molecule has 0 radical (unpaired) electrons. The van der Waals surface area contributed by atoms with Crippen LogP contribution in [0.2, 0.25) is 0 Å². The molecule has 0 aliphatic carbocycles. The van der Waals surface area contributed by atoms with Crippen molar-refractivity contribution in [2.45, 2.75) is 26.8 Å². The number of amides is 2. The van der Waals surface area contributed by atoms with Gasteiger partial charge in [0.05, 0.1) is 25.5 Å². The molecule has 1 aromatic heterocycles. The number of nitrogens with one attached hydrogen (secondary N) is 2. The molecule has 2 amide bonds. The molecular formula is C27H32N6O5. The Hall–Kier alpha value is -4.54. The number of nitrogens with zero attached hydrogens (tertiary/aromatic N) is 4. The monoisotopic (exact) mass is 520 g/mol. The number of hydrogen-bond donors (Lipinski definition) is 2. The molecule has 1 unspecified atom stereocenters. The number of anilines is 2. The number of para-hydroxylation sites is 2. The smallest absolute Gasteiger partial charge is 0.260 e. The number of benzene rings is 2. The predicted octanol–water partition coefficient (Wildman–Crippen LogP) is 3.47. The van der Waals surface area contributed by atoms with Gasteiger partial charge in [-0.2, -0.15) is 10.1 Å². The highest BCUT2D eigenvalue weighted by atomic mass is 16.5. The van der Waals surface area contributed by atoms with Gasteiger partial charge in [-0.1, -0.05) is 18.2 Å². The molecular weight excluding hydrogens is 488 g/mol. The van der Waals surface area contributed by atoms with Gasteiger partial charge in [-0.25, -0.2) is 4.68 Å². The van der Waals surface area contributed by atoms with Crippen molar-refractivity contribution in [3.8, 4) is 17.2 Å². The van der Waals surface area contributed by atoms with Crippen molar-refractivity contribution in [3.63, 3.8) is 0 Å². The SMILES string of the molecule is CCN(CC)C(=O)COc1ccc(C2C(C(=O)Nc3ccccc3OC)=C(C)Nc3ncnn32)cc1OC. The first-order valence-electron chi connectivity index (χ1n) is 12.3. The summed E-state index contributed by atoms with van der Waals surface area (Å²) in [6.07, 6.45) is 1.43. The Labute approximate surface area is 221 Å². The van der Waals surface area contributed by atoms with E-state index in [-0.39, 0.29) is 18.4 Å². The molecule has 2 N–H and O–H groups in total. The third kappa shape index (κ3) is 5.26. The van der Waals surface area contributed by atoms with Gasteiger partial charge < -0.3 is 29.7 Å². The minimum Gasteiger partial charge on any atom is -0.495 e. The molecule has 38 heavy (non-hydrogen) atoms. The molecule has 0 bridgehead atoms. The maximum atomic E-state index is 13.7.